The molecule has 0 spiro atoms. The quantitative estimate of drug-likeness (QED) is 0.670. The van der Waals surface area contributed by atoms with Gasteiger partial charge in [-0.1, -0.05) is 0 Å². The number of aryl methyl sites for hydroxylation is 1. The van der Waals surface area contributed by atoms with E-state index in [0.29, 0.717) is 17.8 Å². The summed E-state index contributed by atoms with van der Waals surface area (Å²) in [7, 11) is -2.17. The summed E-state index contributed by atoms with van der Waals surface area (Å²) in [5, 5.41) is 0. The SMILES string of the molecule is Cc1cc(S(=O)(=O)Nc2ccc(C(=O)N(C)Cc3ccncc3)cc2)ccc1F. The minimum Gasteiger partial charge on any atom is -0.337 e. The zero-order chi connectivity index (χ0) is 21.0. The molecule has 6 nitrogen and oxygen atoms in total. The van der Waals surface area contributed by atoms with Crippen LogP contribution in [0.4, 0.5) is 10.1 Å². The van der Waals surface area contributed by atoms with Crippen molar-refractivity contribution in [3.63, 3.8) is 0 Å². The summed E-state index contributed by atoms with van der Waals surface area (Å²) in [4.78, 5) is 18.1. The summed E-state index contributed by atoms with van der Waals surface area (Å²) in [5.74, 6) is -0.659. The average molecular weight is 413 g/mol. The molecule has 1 aromatic heterocycles. The third kappa shape index (κ3) is 4.97. The summed E-state index contributed by atoms with van der Waals surface area (Å²) >= 11 is 0. The fraction of sp³-hybridized carbons (Fsp3) is 0.143. The number of nitrogens with one attached hydrogen (secondary N) is 1. The van der Waals surface area contributed by atoms with Gasteiger partial charge in [0.1, 0.15) is 5.82 Å². The van der Waals surface area contributed by atoms with Crippen molar-refractivity contribution in [1.29, 1.82) is 0 Å². The van der Waals surface area contributed by atoms with Crippen LogP contribution < -0.4 is 4.72 Å². The van der Waals surface area contributed by atoms with Gasteiger partial charge in [-0.2, -0.15) is 0 Å². The lowest BCUT2D eigenvalue weighted by Gasteiger charge is -2.17. The monoisotopic (exact) mass is 413 g/mol. The molecule has 0 atom stereocenters. The van der Waals surface area contributed by atoms with Crippen LogP contribution in [-0.4, -0.2) is 31.3 Å². The van der Waals surface area contributed by atoms with Gasteiger partial charge >= 0.3 is 0 Å². The number of carbonyl (C=O) groups excluding carboxylic acids is 1. The highest BCUT2D eigenvalue weighted by atomic mass is 32.2. The highest BCUT2D eigenvalue weighted by molar-refractivity contribution is 7.92. The van der Waals surface area contributed by atoms with Crippen LogP contribution in [0.15, 0.2) is 71.9 Å². The van der Waals surface area contributed by atoms with Gasteiger partial charge in [0.25, 0.3) is 15.9 Å². The molecule has 150 valence electrons. The van der Waals surface area contributed by atoms with Crippen LogP contribution in [0.5, 0.6) is 0 Å². The van der Waals surface area contributed by atoms with Crippen LogP contribution in [0.2, 0.25) is 0 Å². The molecule has 1 heterocycles. The minimum absolute atomic E-state index is 0.0337. The molecule has 2 aromatic carbocycles. The van der Waals surface area contributed by atoms with Gasteiger partial charge in [0, 0.05) is 37.2 Å². The van der Waals surface area contributed by atoms with Gasteiger partial charge in [-0.15, -0.1) is 0 Å². The lowest BCUT2D eigenvalue weighted by molar-refractivity contribution is 0.0785. The van der Waals surface area contributed by atoms with Crippen molar-refractivity contribution >= 4 is 21.6 Å². The molecule has 0 bridgehead atoms. The number of anilines is 1. The molecule has 0 saturated carbocycles. The van der Waals surface area contributed by atoms with Gasteiger partial charge in [0.05, 0.1) is 4.90 Å². The van der Waals surface area contributed by atoms with Gasteiger partial charge in [-0.3, -0.25) is 14.5 Å². The van der Waals surface area contributed by atoms with E-state index in [0.717, 1.165) is 11.6 Å². The maximum atomic E-state index is 13.4. The Morgan fingerprint density at radius 3 is 2.34 bits per heavy atom. The number of amides is 1. The Kier molecular flexibility index (Phi) is 5.93. The van der Waals surface area contributed by atoms with E-state index >= 15 is 0 Å². The summed E-state index contributed by atoms with van der Waals surface area (Å²) < 4.78 is 40.8. The Bertz CT molecular complexity index is 1120. The molecule has 0 unspecified atom stereocenters. The van der Waals surface area contributed by atoms with E-state index in [2.05, 4.69) is 9.71 Å². The fourth-order valence-electron chi connectivity index (χ4n) is 2.73. The number of benzene rings is 2. The van der Waals surface area contributed by atoms with Crippen molar-refractivity contribution in [3.8, 4) is 0 Å². The second-order valence-electron chi connectivity index (χ2n) is 6.61. The van der Waals surface area contributed by atoms with Crippen molar-refractivity contribution in [2.24, 2.45) is 0 Å². The van der Waals surface area contributed by atoms with E-state index in [1.165, 1.54) is 31.2 Å². The van der Waals surface area contributed by atoms with Crippen molar-refractivity contribution in [3.05, 3.63) is 89.5 Å². The molecular weight excluding hydrogens is 393 g/mol. The number of hydrogen-bond acceptors (Lipinski definition) is 4. The Morgan fingerprint density at radius 1 is 1.07 bits per heavy atom. The normalized spacial score (nSPS) is 11.1. The van der Waals surface area contributed by atoms with Gasteiger partial charge in [-0.05, 0) is 72.6 Å². The van der Waals surface area contributed by atoms with Gasteiger partial charge in [0.15, 0.2) is 0 Å². The van der Waals surface area contributed by atoms with Crippen LogP contribution in [-0.2, 0) is 16.6 Å². The van der Waals surface area contributed by atoms with Crippen LogP contribution in [0.1, 0.15) is 21.5 Å². The first-order chi connectivity index (χ1) is 13.8. The molecular formula is C21H20FN3O3S. The largest absolute Gasteiger partial charge is 0.337 e. The number of sulfonamides is 1. The van der Waals surface area contributed by atoms with E-state index in [1.54, 1.807) is 36.5 Å². The molecule has 0 saturated heterocycles. The maximum Gasteiger partial charge on any atom is 0.261 e. The summed E-state index contributed by atoms with van der Waals surface area (Å²) in [6.45, 7) is 1.93. The number of rotatable bonds is 6. The standard InChI is InChI=1S/C21H20FN3O3S/c1-15-13-19(7-8-20(15)22)29(27,28)24-18-5-3-17(4-6-18)21(26)25(2)14-16-9-11-23-12-10-16/h3-13,24H,14H2,1-2H3. The predicted octanol–water partition coefficient (Wildman–Crippen LogP) is 3.60. The third-order valence-corrected chi connectivity index (χ3v) is 5.72. The maximum absolute atomic E-state index is 13.4. The minimum atomic E-state index is -3.86. The Morgan fingerprint density at radius 2 is 1.72 bits per heavy atom. The van der Waals surface area contributed by atoms with E-state index < -0.39 is 15.8 Å². The number of nitrogens with zero attached hydrogens (tertiary/aromatic N) is 2. The Labute approximate surface area is 169 Å². The molecule has 0 aliphatic rings. The molecule has 0 radical (unpaired) electrons. The highest BCUT2D eigenvalue weighted by Gasteiger charge is 2.17. The highest BCUT2D eigenvalue weighted by Crippen LogP contribution is 2.19. The zero-order valence-electron chi connectivity index (χ0n) is 16.0. The van der Waals surface area contributed by atoms with Crippen molar-refractivity contribution in [2.75, 3.05) is 11.8 Å². The van der Waals surface area contributed by atoms with Crippen LogP contribution in [0.3, 0.4) is 0 Å². The van der Waals surface area contributed by atoms with E-state index in [4.69, 9.17) is 0 Å². The third-order valence-electron chi connectivity index (χ3n) is 4.34. The smallest absolute Gasteiger partial charge is 0.261 e. The predicted molar refractivity (Wildman–Crippen MR) is 108 cm³/mol. The summed E-state index contributed by atoms with van der Waals surface area (Å²) in [6, 6.07) is 13.4. The Hall–Kier alpha value is -3.26. The first-order valence-electron chi connectivity index (χ1n) is 8.80. The van der Waals surface area contributed by atoms with E-state index in [9.17, 15) is 17.6 Å². The number of carbonyl (C=O) groups is 1. The van der Waals surface area contributed by atoms with Gasteiger partial charge in [-0.25, -0.2) is 12.8 Å². The molecule has 3 rings (SSSR count). The van der Waals surface area contributed by atoms with Crippen LogP contribution in [0, 0.1) is 12.7 Å². The molecule has 8 heteroatoms. The first kappa shape index (κ1) is 20.5. The second kappa shape index (κ2) is 8.40. The molecule has 1 amide bonds. The molecule has 0 fully saturated rings. The molecule has 0 aliphatic heterocycles. The van der Waals surface area contributed by atoms with E-state index in [-0.39, 0.29) is 16.4 Å². The lowest BCUT2D eigenvalue weighted by atomic mass is 10.1. The number of halogens is 1. The van der Waals surface area contributed by atoms with E-state index in [1.807, 2.05) is 12.1 Å². The van der Waals surface area contributed by atoms with Crippen molar-refractivity contribution in [2.45, 2.75) is 18.4 Å². The summed E-state index contributed by atoms with van der Waals surface area (Å²) in [5.41, 5.74) is 1.93. The van der Waals surface area contributed by atoms with Crippen LogP contribution >= 0.6 is 0 Å². The molecule has 0 aliphatic carbocycles. The van der Waals surface area contributed by atoms with Gasteiger partial charge in [0.2, 0.25) is 0 Å². The van der Waals surface area contributed by atoms with Crippen molar-refractivity contribution in [1.82, 2.24) is 9.88 Å². The first-order valence-corrected chi connectivity index (χ1v) is 10.3. The molecule has 3 aromatic rings. The molecule has 29 heavy (non-hydrogen) atoms. The topological polar surface area (TPSA) is 79.4 Å². The second-order valence-corrected chi connectivity index (χ2v) is 8.29. The lowest BCUT2D eigenvalue weighted by Crippen LogP contribution is -2.26. The fourth-order valence-corrected chi connectivity index (χ4v) is 3.88. The average Bonchev–Trinajstić information content (AvgIpc) is 2.70. The molecule has 1 N–H and O–H groups in total. The Balaban J connectivity index is 1.70. The number of aromatic nitrogens is 1. The van der Waals surface area contributed by atoms with Gasteiger partial charge < -0.3 is 4.90 Å². The van der Waals surface area contributed by atoms with Crippen molar-refractivity contribution < 1.29 is 17.6 Å². The number of pyridine rings is 1. The zero-order valence-corrected chi connectivity index (χ0v) is 16.8. The summed E-state index contributed by atoms with van der Waals surface area (Å²) in [6.07, 6.45) is 3.33. The van der Waals surface area contributed by atoms with Crippen LogP contribution in [0.25, 0.3) is 0 Å². The number of hydrogen-bond donors (Lipinski definition) is 1.